The van der Waals surface area contributed by atoms with E-state index in [-0.39, 0.29) is 11.9 Å². The highest BCUT2D eigenvalue weighted by Crippen LogP contribution is 2.31. The zero-order valence-corrected chi connectivity index (χ0v) is 20.5. The van der Waals surface area contributed by atoms with Gasteiger partial charge in [-0.25, -0.2) is 9.97 Å². The number of carbonyl (C=O) groups is 2. The predicted octanol–water partition coefficient (Wildman–Crippen LogP) is 4.14. The molecule has 3 aromatic rings. The molecule has 184 valence electrons. The van der Waals surface area contributed by atoms with Gasteiger partial charge in [0, 0.05) is 55.1 Å². The largest absolute Gasteiger partial charge is 0.439 e. The van der Waals surface area contributed by atoms with Crippen molar-refractivity contribution >= 4 is 11.8 Å². The molecule has 0 saturated carbocycles. The highest BCUT2D eigenvalue weighted by Gasteiger charge is 2.30. The van der Waals surface area contributed by atoms with E-state index in [1.54, 1.807) is 36.5 Å². The van der Waals surface area contributed by atoms with Crippen molar-refractivity contribution < 1.29 is 14.3 Å². The molecule has 2 amide bonds. The number of nitrogens with zero attached hydrogens (tertiary/aromatic N) is 5. The zero-order chi connectivity index (χ0) is 24.9. The molecule has 35 heavy (non-hydrogen) atoms. The van der Waals surface area contributed by atoms with Gasteiger partial charge in [0.2, 0.25) is 17.7 Å². The van der Waals surface area contributed by atoms with Crippen molar-refractivity contribution in [2.75, 3.05) is 6.54 Å². The molecule has 0 radical (unpaired) electrons. The number of imidazole rings is 1. The van der Waals surface area contributed by atoms with Crippen molar-refractivity contribution in [1.82, 2.24) is 24.4 Å². The Morgan fingerprint density at radius 2 is 1.94 bits per heavy atom. The summed E-state index contributed by atoms with van der Waals surface area (Å²) in [4.78, 5) is 40.2. The lowest BCUT2D eigenvalue weighted by atomic mass is 10.0. The molecule has 1 atom stereocenters. The molecule has 3 heterocycles. The summed E-state index contributed by atoms with van der Waals surface area (Å²) in [6.07, 6.45) is 6.90. The van der Waals surface area contributed by atoms with Gasteiger partial charge in [0.15, 0.2) is 5.82 Å². The number of nitrogens with two attached hydrogens (primary N) is 1. The van der Waals surface area contributed by atoms with Crippen LogP contribution in [0, 0.1) is 6.92 Å². The molecule has 0 unspecified atom stereocenters. The first-order valence-corrected chi connectivity index (χ1v) is 12.1. The molecule has 1 aromatic carbocycles. The van der Waals surface area contributed by atoms with Gasteiger partial charge in [-0.3, -0.25) is 9.59 Å². The van der Waals surface area contributed by atoms with E-state index in [1.807, 2.05) is 18.0 Å². The summed E-state index contributed by atoms with van der Waals surface area (Å²) >= 11 is 0. The van der Waals surface area contributed by atoms with Crippen LogP contribution in [0.3, 0.4) is 0 Å². The fourth-order valence-electron chi connectivity index (χ4n) is 4.44. The van der Waals surface area contributed by atoms with Crippen LogP contribution >= 0.6 is 0 Å². The molecular formula is C26H32N6O3. The smallest absolute Gasteiger partial charge is 0.248 e. The SMILES string of the molecule is Cc1cc(Oc2ccc(C(N)=O)cc2)nc([C@@H]2CCCCN2C(=O)CCn2ccnc2C(C)C)n1. The van der Waals surface area contributed by atoms with Crippen LogP contribution < -0.4 is 10.5 Å². The van der Waals surface area contributed by atoms with Crippen LogP contribution in [-0.2, 0) is 11.3 Å². The summed E-state index contributed by atoms with van der Waals surface area (Å²) in [5.74, 6) is 2.41. The maximum Gasteiger partial charge on any atom is 0.248 e. The van der Waals surface area contributed by atoms with Gasteiger partial charge < -0.3 is 19.9 Å². The summed E-state index contributed by atoms with van der Waals surface area (Å²) in [6.45, 7) is 7.37. The molecule has 0 spiro atoms. The average Bonchev–Trinajstić information content (AvgIpc) is 3.32. The van der Waals surface area contributed by atoms with Gasteiger partial charge in [0.1, 0.15) is 11.6 Å². The minimum absolute atomic E-state index is 0.0905. The lowest BCUT2D eigenvalue weighted by Gasteiger charge is -2.35. The summed E-state index contributed by atoms with van der Waals surface area (Å²) in [5.41, 5.74) is 6.48. The number of hydrogen-bond acceptors (Lipinski definition) is 6. The van der Waals surface area contributed by atoms with Crippen LogP contribution in [0.1, 0.15) is 79.2 Å². The van der Waals surface area contributed by atoms with Crippen molar-refractivity contribution in [3.05, 3.63) is 65.6 Å². The zero-order valence-electron chi connectivity index (χ0n) is 20.5. The van der Waals surface area contributed by atoms with Gasteiger partial charge in [-0.05, 0) is 50.5 Å². The number of likely N-dealkylation sites (tertiary alicyclic amines) is 1. The van der Waals surface area contributed by atoms with Crippen LogP contribution in [0.2, 0.25) is 0 Å². The molecule has 2 N–H and O–H groups in total. The van der Waals surface area contributed by atoms with Crippen molar-refractivity contribution in [2.24, 2.45) is 5.73 Å². The Kier molecular flexibility index (Phi) is 7.43. The summed E-state index contributed by atoms with van der Waals surface area (Å²) in [5, 5.41) is 0. The number of hydrogen-bond donors (Lipinski definition) is 1. The number of carbonyl (C=O) groups excluding carboxylic acids is 2. The lowest BCUT2D eigenvalue weighted by Crippen LogP contribution is -2.39. The molecule has 1 aliphatic heterocycles. The first-order chi connectivity index (χ1) is 16.8. The van der Waals surface area contributed by atoms with Crippen LogP contribution in [-0.4, -0.2) is 42.8 Å². The second kappa shape index (κ2) is 10.7. The Labute approximate surface area is 205 Å². The van der Waals surface area contributed by atoms with E-state index in [1.165, 1.54) is 0 Å². The number of primary amides is 1. The molecule has 9 heteroatoms. The Morgan fingerprint density at radius 3 is 2.66 bits per heavy atom. The normalized spacial score (nSPS) is 15.9. The monoisotopic (exact) mass is 476 g/mol. The number of benzene rings is 1. The van der Waals surface area contributed by atoms with Gasteiger partial charge in [0.25, 0.3) is 0 Å². The maximum atomic E-state index is 13.3. The average molecular weight is 477 g/mol. The van der Waals surface area contributed by atoms with E-state index in [0.29, 0.717) is 48.4 Å². The molecular weight excluding hydrogens is 444 g/mol. The molecule has 1 saturated heterocycles. The number of ether oxygens (including phenoxy) is 1. The fraction of sp³-hybridized carbons (Fsp3) is 0.423. The second-order valence-corrected chi connectivity index (χ2v) is 9.18. The molecule has 4 rings (SSSR count). The third kappa shape index (κ3) is 5.85. The standard InChI is InChI=1S/C26H32N6O3/c1-17(2)26-28-12-15-31(26)14-11-23(33)32-13-5-4-6-21(32)25-29-18(3)16-22(30-25)35-20-9-7-19(8-10-20)24(27)34/h7-10,12,15-17,21H,4-6,11,13-14H2,1-3H3,(H2,27,34)/t21-/m0/s1. The van der Waals surface area contributed by atoms with E-state index in [9.17, 15) is 9.59 Å². The van der Waals surface area contributed by atoms with E-state index in [4.69, 9.17) is 10.5 Å². The van der Waals surface area contributed by atoms with Crippen LogP contribution in [0.5, 0.6) is 11.6 Å². The number of aromatic nitrogens is 4. The minimum atomic E-state index is -0.493. The highest BCUT2D eigenvalue weighted by molar-refractivity contribution is 5.92. The van der Waals surface area contributed by atoms with E-state index in [2.05, 4.69) is 33.4 Å². The van der Waals surface area contributed by atoms with Crippen molar-refractivity contribution in [1.29, 1.82) is 0 Å². The quantitative estimate of drug-likeness (QED) is 0.522. The van der Waals surface area contributed by atoms with Crippen molar-refractivity contribution in [3.63, 3.8) is 0 Å². The number of aryl methyl sites for hydroxylation is 2. The highest BCUT2D eigenvalue weighted by atomic mass is 16.5. The van der Waals surface area contributed by atoms with Crippen molar-refractivity contribution in [3.8, 4) is 11.6 Å². The molecule has 1 aliphatic rings. The van der Waals surface area contributed by atoms with Crippen LogP contribution in [0.25, 0.3) is 0 Å². The number of piperidine rings is 1. The molecule has 0 bridgehead atoms. The Hall–Kier alpha value is -3.75. The third-order valence-corrected chi connectivity index (χ3v) is 6.16. The van der Waals surface area contributed by atoms with E-state index < -0.39 is 5.91 Å². The van der Waals surface area contributed by atoms with Crippen LogP contribution in [0.4, 0.5) is 0 Å². The summed E-state index contributed by atoms with van der Waals surface area (Å²) in [6, 6.07) is 8.14. The maximum absolute atomic E-state index is 13.3. The number of amides is 2. The second-order valence-electron chi connectivity index (χ2n) is 9.18. The van der Waals surface area contributed by atoms with E-state index >= 15 is 0 Å². The van der Waals surface area contributed by atoms with Gasteiger partial charge in [-0.1, -0.05) is 13.8 Å². The first kappa shape index (κ1) is 24.4. The van der Waals surface area contributed by atoms with Gasteiger partial charge >= 0.3 is 0 Å². The number of rotatable bonds is 8. The van der Waals surface area contributed by atoms with Crippen molar-refractivity contribution in [2.45, 2.75) is 65.0 Å². The molecule has 1 fully saturated rings. The Balaban J connectivity index is 1.49. The minimum Gasteiger partial charge on any atom is -0.439 e. The van der Waals surface area contributed by atoms with Gasteiger partial charge in [-0.15, -0.1) is 0 Å². The first-order valence-electron chi connectivity index (χ1n) is 12.1. The topological polar surface area (TPSA) is 116 Å². The lowest BCUT2D eigenvalue weighted by molar-refractivity contribution is -0.135. The Morgan fingerprint density at radius 1 is 1.17 bits per heavy atom. The van der Waals surface area contributed by atoms with E-state index in [0.717, 1.165) is 30.8 Å². The predicted molar refractivity (Wildman–Crippen MR) is 131 cm³/mol. The summed E-state index contributed by atoms with van der Waals surface area (Å²) < 4.78 is 7.99. The third-order valence-electron chi connectivity index (χ3n) is 6.16. The molecule has 2 aromatic heterocycles. The van der Waals surface area contributed by atoms with Gasteiger partial charge in [-0.2, -0.15) is 4.98 Å². The van der Waals surface area contributed by atoms with Gasteiger partial charge in [0.05, 0.1) is 6.04 Å². The fourth-order valence-corrected chi connectivity index (χ4v) is 4.44. The molecule has 0 aliphatic carbocycles. The van der Waals surface area contributed by atoms with Crippen LogP contribution in [0.15, 0.2) is 42.7 Å². The Bertz CT molecular complexity index is 1190. The molecule has 9 nitrogen and oxygen atoms in total. The summed E-state index contributed by atoms with van der Waals surface area (Å²) in [7, 11) is 0.